The van der Waals surface area contributed by atoms with Crippen LogP contribution in [0.4, 0.5) is 17.1 Å². The van der Waals surface area contributed by atoms with Gasteiger partial charge in [0.25, 0.3) is 21.6 Å². The van der Waals surface area contributed by atoms with E-state index in [4.69, 9.17) is 0 Å². The Hall–Kier alpha value is -3.72. The highest BCUT2D eigenvalue weighted by atomic mass is 32.2. The monoisotopic (exact) mass is 425 g/mol. The third kappa shape index (κ3) is 4.47. The molecule has 0 heterocycles. The summed E-state index contributed by atoms with van der Waals surface area (Å²) >= 11 is 0. The second kappa shape index (κ2) is 8.34. The molecule has 9 heteroatoms. The Kier molecular flexibility index (Phi) is 5.84. The van der Waals surface area contributed by atoms with E-state index in [0.717, 1.165) is 9.87 Å². The number of aryl methyl sites for hydroxylation is 1. The van der Waals surface area contributed by atoms with E-state index in [9.17, 15) is 23.3 Å². The van der Waals surface area contributed by atoms with Gasteiger partial charge in [-0.05, 0) is 49.4 Å². The zero-order valence-corrected chi connectivity index (χ0v) is 17.1. The Balaban J connectivity index is 1.83. The Morgan fingerprint density at radius 2 is 1.63 bits per heavy atom. The van der Waals surface area contributed by atoms with Gasteiger partial charge in [-0.3, -0.25) is 19.2 Å². The van der Waals surface area contributed by atoms with Crippen LogP contribution >= 0.6 is 0 Å². The zero-order chi connectivity index (χ0) is 21.9. The number of carbonyl (C=O) groups excluding carboxylic acids is 1. The standard InChI is InChI=1S/C21H19N3O5S/c1-15-6-10-18(11-7-15)23(2)30(28,29)20-5-3-4-16(14-20)21(25)22-17-8-12-19(13-9-17)24(26)27/h3-14H,1-2H3,(H,22,25). The number of nitrogens with one attached hydrogen (secondary N) is 1. The zero-order valence-electron chi connectivity index (χ0n) is 16.3. The number of nitro groups is 1. The largest absolute Gasteiger partial charge is 0.322 e. The minimum absolute atomic E-state index is 0.0260. The predicted octanol–water partition coefficient (Wildman–Crippen LogP) is 3.98. The summed E-state index contributed by atoms with van der Waals surface area (Å²) < 4.78 is 27.1. The smallest absolute Gasteiger partial charge is 0.269 e. The summed E-state index contributed by atoms with van der Waals surface area (Å²) in [7, 11) is -2.42. The summed E-state index contributed by atoms with van der Waals surface area (Å²) in [6.45, 7) is 1.91. The molecule has 3 rings (SSSR count). The molecule has 0 aliphatic heterocycles. The van der Waals surface area contributed by atoms with Crippen molar-refractivity contribution in [3.05, 3.63) is 94.0 Å². The van der Waals surface area contributed by atoms with Crippen LogP contribution in [0.3, 0.4) is 0 Å². The average Bonchev–Trinajstić information content (AvgIpc) is 2.74. The van der Waals surface area contributed by atoms with E-state index in [1.54, 1.807) is 12.1 Å². The van der Waals surface area contributed by atoms with E-state index in [1.807, 2.05) is 19.1 Å². The van der Waals surface area contributed by atoms with Crippen LogP contribution in [0, 0.1) is 17.0 Å². The van der Waals surface area contributed by atoms with Crippen LogP contribution in [0.25, 0.3) is 0 Å². The molecule has 0 aliphatic carbocycles. The van der Waals surface area contributed by atoms with E-state index >= 15 is 0 Å². The van der Waals surface area contributed by atoms with E-state index < -0.39 is 20.9 Å². The SMILES string of the molecule is Cc1ccc(N(C)S(=O)(=O)c2cccc(C(=O)Nc3ccc([N+](=O)[O-])cc3)c2)cc1. The third-order valence-electron chi connectivity index (χ3n) is 4.49. The number of carbonyl (C=O) groups is 1. The van der Waals surface area contributed by atoms with E-state index in [0.29, 0.717) is 11.4 Å². The van der Waals surface area contributed by atoms with Crippen LogP contribution in [0.2, 0.25) is 0 Å². The third-order valence-corrected chi connectivity index (χ3v) is 6.27. The molecule has 0 saturated heterocycles. The molecule has 0 unspecified atom stereocenters. The topological polar surface area (TPSA) is 110 Å². The van der Waals surface area contributed by atoms with E-state index in [-0.39, 0.29) is 16.1 Å². The molecule has 30 heavy (non-hydrogen) atoms. The molecule has 1 amide bonds. The van der Waals surface area contributed by atoms with Crippen LogP contribution in [-0.4, -0.2) is 26.3 Å². The molecule has 0 aliphatic rings. The van der Waals surface area contributed by atoms with Crippen molar-refractivity contribution < 1.29 is 18.1 Å². The van der Waals surface area contributed by atoms with Gasteiger partial charge in [-0.25, -0.2) is 8.42 Å². The number of non-ortho nitro benzene ring substituents is 1. The number of nitro benzene ring substituents is 1. The Labute approximate surface area is 174 Å². The lowest BCUT2D eigenvalue weighted by Crippen LogP contribution is -2.26. The number of nitrogens with zero attached hydrogens (tertiary/aromatic N) is 2. The molecule has 0 bridgehead atoms. The molecule has 154 valence electrons. The number of hydrogen-bond donors (Lipinski definition) is 1. The van der Waals surface area contributed by atoms with Gasteiger partial charge in [-0.1, -0.05) is 23.8 Å². The summed E-state index contributed by atoms with van der Waals surface area (Å²) in [6.07, 6.45) is 0. The van der Waals surface area contributed by atoms with Crippen molar-refractivity contribution in [2.75, 3.05) is 16.7 Å². The maximum Gasteiger partial charge on any atom is 0.269 e. The van der Waals surface area contributed by atoms with E-state index in [1.165, 1.54) is 55.6 Å². The number of anilines is 2. The summed E-state index contributed by atoms with van der Waals surface area (Å²) in [5.74, 6) is -0.529. The first-order valence-corrected chi connectivity index (χ1v) is 10.3. The fourth-order valence-electron chi connectivity index (χ4n) is 2.72. The molecule has 0 radical (unpaired) electrons. The summed E-state index contributed by atoms with van der Waals surface area (Å²) in [5, 5.41) is 13.3. The van der Waals surface area contributed by atoms with Gasteiger partial charge in [0, 0.05) is 30.4 Å². The Morgan fingerprint density at radius 3 is 2.23 bits per heavy atom. The van der Waals surface area contributed by atoms with Gasteiger partial charge in [-0.2, -0.15) is 0 Å². The van der Waals surface area contributed by atoms with Crippen LogP contribution in [0.1, 0.15) is 15.9 Å². The van der Waals surface area contributed by atoms with Gasteiger partial charge in [0.15, 0.2) is 0 Å². The number of rotatable bonds is 6. The molecule has 0 aromatic heterocycles. The summed E-state index contributed by atoms with van der Waals surface area (Å²) in [6, 6.07) is 18.1. The highest BCUT2D eigenvalue weighted by molar-refractivity contribution is 7.92. The lowest BCUT2D eigenvalue weighted by Gasteiger charge is -2.20. The second-order valence-electron chi connectivity index (χ2n) is 6.59. The molecule has 0 saturated carbocycles. The number of sulfonamides is 1. The van der Waals surface area contributed by atoms with Crippen molar-refractivity contribution in [3.63, 3.8) is 0 Å². The molecular weight excluding hydrogens is 406 g/mol. The molecule has 1 N–H and O–H groups in total. The highest BCUT2D eigenvalue weighted by Crippen LogP contribution is 2.23. The van der Waals surface area contributed by atoms with Gasteiger partial charge in [0.05, 0.1) is 15.5 Å². The van der Waals surface area contributed by atoms with Crippen molar-refractivity contribution in [2.45, 2.75) is 11.8 Å². The minimum Gasteiger partial charge on any atom is -0.322 e. The average molecular weight is 425 g/mol. The van der Waals surface area contributed by atoms with E-state index in [2.05, 4.69) is 5.32 Å². The maximum absolute atomic E-state index is 13.0. The first kappa shape index (κ1) is 21.0. The molecular formula is C21H19N3O5S. The first-order valence-electron chi connectivity index (χ1n) is 8.90. The maximum atomic E-state index is 13.0. The fourth-order valence-corrected chi connectivity index (χ4v) is 3.96. The Bertz CT molecular complexity index is 1190. The van der Waals surface area contributed by atoms with Crippen LogP contribution in [0.5, 0.6) is 0 Å². The second-order valence-corrected chi connectivity index (χ2v) is 8.56. The van der Waals surface area contributed by atoms with Crippen molar-refractivity contribution in [3.8, 4) is 0 Å². The first-order chi connectivity index (χ1) is 14.2. The summed E-state index contributed by atoms with van der Waals surface area (Å²) in [5.41, 5.74) is 1.92. The van der Waals surface area contributed by atoms with Crippen LogP contribution < -0.4 is 9.62 Å². The number of amides is 1. The van der Waals surface area contributed by atoms with Crippen molar-refractivity contribution in [1.82, 2.24) is 0 Å². The molecule has 8 nitrogen and oxygen atoms in total. The van der Waals surface area contributed by atoms with Crippen molar-refractivity contribution in [1.29, 1.82) is 0 Å². The number of hydrogen-bond acceptors (Lipinski definition) is 5. The number of benzene rings is 3. The quantitative estimate of drug-likeness (QED) is 0.474. The van der Waals surface area contributed by atoms with Gasteiger partial charge in [0.1, 0.15) is 0 Å². The highest BCUT2D eigenvalue weighted by Gasteiger charge is 2.22. The van der Waals surface area contributed by atoms with Crippen molar-refractivity contribution in [2.24, 2.45) is 0 Å². The molecule has 0 spiro atoms. The summed E-state index contributed by atoms with van der Waals surface area (Å²) in [4.78, 5) is 22.7. The lowest BCUT2D eigenvalue weighted by molar-refractivity contribution is -0.384. The van der Waals surface area contributed by atoms with Crippen LogP contribution in [0.15, 0.2) is 77.7 Å². The van der Waals surface area contributed by atoms with Gasteiger partial charge >= 0.3 is 0 Å². The normalized spacial score (nSPS) is 11.0. The molecule has 3 aromatic rings. The van der Waals surface area contributed by atoms with Crippen LogP contribution in [-0.2, 0) is 10.0 Å². The van der Waals surface area contributed by atoms with Gasteiger partial charge in [0.2, 0.25) is 0 Å². The van der Waals surface area contributed by atoms with Gasteiger partial charge in [-0.15, -0.1) is 0 Å². The predicted molar refractivity (Wildman–Crippen MR) is 114 cm³/mol. The minimum atomic E-state index is -3.87. The fraction of sp³-hybridized carbons (Fsp3) is 0.0952. The lowest BCUT2D eigenvalue weighted by atomic mass is 10.2. The Morgan fingerprint density at radius 1 is 1.00 bits per heavy atom. The van der Waals surface area contributed by atoms with Gasteiger partial charge < -0.3 is 5.32 Å². The molecule has 3 aromatic carbocycles. The molecule has 0 atom stereocenters. The van der Waals surface area contributed by atoms with Crippen molar-refractivity contribution >= 4 is 33.0 Å². The molecule has 0 fully saturated rings.